The van der Waals surface area contributed by atoms with Crippen molar-refractivity contribution in [2.45, 2.75) is 44.2 Å². The van der Waals surface area contributed by atoms with Gasteiger partial charge in [0, 0.05) is 4.88 Å². The third-order valence-electron chi connectivity index (χ3n) is 5.26. The van der Waals surface area contributed by atoms with Crippen molar-refractivity contribution < 1.29 is 0 Å². The van der Waals surface area contributed by atoms with Crippen molar-refractivity contribution in [3.63, 3.8) is 0 Å². The number of rotatable bonds is 3. The molecule has 3 heterocycles. The van der Waals surface area contributed by atoms with Gasteiger partial charge in [-0.3, -0.25) is 4.79 Å². The van der Waals surface area contributed by atoms with E-state index in [1.54, 1.807) is 27.7 Å². The van der Waals surface area contributed by atoms with E-state index in [1.165, 1.54) is 16.9 Å². The molecule has 0 amide bonds. The zero-order valence-corrected chi connectivity index (χ0v) is 16.9. The van der Waals surface area contributed by atoms with Crippen molar-refractivity contribution in [3.05, 3.63) is 51.1 Å². The molecule has 7 heteroatoms. The zero-order valence-electron chi connectivity index (χ0n) is 15.3. The van der Waals surface area contributed by atoms with Crippen LogP contribution in [0.3, 0.4) is 0 Å². The van der Waals surface area contributed by atoms with Gasteiger partial charge in [0.05, 0.1) is 11.1 Å². The molecule has 0 bridgehead atoms. The Morgan fingerprint density at radius 2 is 2.07 bits per heavy atom. The SMILES string of the molecule is CCSc1nnc2n(-c3ccccc3)c(=O)c3c4c(sc3n12)CCCC4C. The molecule has 27 heavy (non-hydrogen) atoms. The summed E-state index contributed by atoms with van der Waals surface area (Å²) in [6.45, 7) is 4.35. The molecule has 0 fully saturated rings. The summed E-state index contributed by atoms with van der Waals surface area (Å²) >= 11 is 3.42. The standard InChI is InChI=1S/C20H20N4OS2/c1-3-26-20-22-21-19-23(13-9-5-4-6-10-13)17(25)16-15-12(2)8-7-11-14(15)27-18(16)24(19)20/h4-6,9-10,12H,3,7-8,11H2,1-2H3. The Balaban J connectivity index is 1.98. The number of hydrogen-bond acceptors (Lipinski definition) is 5. The largest absolute Gasteiger partial charge is 0.268 e. The number of nitrogens with zero attached hydrogens (tertiary/aromatic N) is 4. The van der Waals surface area contributed by atoms with Gasteiger partial charge in [0.25, 0.3) is 5.56 Å². The summed E-state index contributed by atoms with van der Waals surface area (Å²) in [6, 6.07) is 9.77. The first-order valence-corrected chi connectivity index (χ1v) is 11.1. The lowest BCUT2D eigenvalue weighted by Gasteiger charge is -2.18. The molecule has 5 nitrogen and oxygen atoms in total. The van der Waals surface area contributed by atoms with Gasteiger partial charge in [0.2, 0.25) is 5.78 Å². The van der Waals surface area contributed by atoms with Crippen LogP contribution in [0.2, 0.25) is 0 Å². The summed E-state index contributed by atoms with van der Waals surface area (Å²) in [5.41, 5.74) is 2.10. The number of aryl methyl sites for hydroxylation is 1. The minimum absolute atomic E-state index is 0.0235. The quantitative estimate of drug-likeness (QED) is 0.473. The average molecular weight is 397 g/mol. The summed E-state index contributed by atoms with van der Waals surface area (Å²) < 4.78 is 3.82. The molecule has 0 spiro atoms. The first-order valence-electron chi connectivity index (χ1n) is 9.34. The molecule has 0 aliphatic heterocycles. The molecule has 0 saturated carbocycles. The van der Waals surface area contributed by atoms with Crippen LogP contribution in [-0.2, 0) is 6.42 Å². The Bertz CT molecular complexity index is 1210. The van der Waals surface area contributed by atoms with Crippen molar-refractivity contribution in [2.24, 2.45) is 0 Å². The number of aromatic nitrogens is 4. The van der Waals surface area contributed by atoms with Gasteiger partial charge in [0.1, 0.15) is 4.83 Å². The summed E-state index contributed by atoms with van der Waals surface area (Å²) in [7, 11) is 0. The van der Waals surface area contributed by atoms with Crippen LogP contribution in [0, 0.1) is 0 Å². The van der Waals surface area contributed by atoms with E-state index in [1.807, 2.05) is 30.3 Å². The number of hydrogen-bond donors (Lipinski definition) is 0. The van der Waals surface area contributed by atoms with Gasteiger partial charge in [-0.2, -0.15) is 0 Å². The van der Waals surface area contributed by atoms with Gasteiger partial charge < -0.3 is 0 Å². The molecule has 1 atom stereocenters. The van der Waals surface area contributed by atoms with E-state index in [0.717, 1.165) is 39.7 Å². The Morgan fingerprint density at radius 3 is 2.85 bits per heavy atom. The molecule has 1 aliphatic rings. The molecule has 0 radical (unpaired) electrons. The van der Waals surface area contributed by atoms with E-state index in [9.17, 15) is 4.79 Å². The topological polar surface area (TPSA) is 52.2 Å². The average Bonchev–Trinajstić information content (AvgIpc) is 3.26. The van der Waals surface area contributed by atoms with E-state index in [4.69, 9.17) is 0 Å². The molecule has 1 aromatic carbocycles. The van der Waals surface area contributed by atoms with Crippen molar-refractivity contribution in [2.75, 3.05) is 5.75 Å². The lowest BCUT2D eigenvalue weighted by Crippen LogP contribution is -2.22. The van der Waals surface area contributed by atoms with E-state index < -0.39 is 0 Å². The lowest BCUT2D eigenvalue weighted by molar-refractivity contribution is 0.601. The summed E-state index contributed by atoms with van der Waals surface area (Å²) in [4.78, 5) is 16.0. The predicted octanol–water partition coefficient (Wildman–Crippen LogP) is 4.65. The fourth-order valence-electron chi connectivity index (χ4n) is 4.08. The van der Waals surface area contributed by atoms with E-state index in [-0.39, 0.29) is 5.56 Å². The fraction of sp³-hybridized carbons (Fsp3) is 0.350. The van der Waals surface area contributed by atoms with Crippen LogP contribution in [0.1, 0.15) is 43.0 Å². The molecular formula is C20H20N4OS2. The smallest absolute Gasteiger partial charge is 0.268 e. The van der Waals surface area contributed by atoms with E-state index >= 15 is 0 Å². The molecular weight excluding hydrogens is 376 g/mol. The van der Waals surface area contributed by atoms with Crippen molar-refractivity contribution >= 4 is 39.1 Å². The Kier molecular flexibility index (Phi) is 4.09. The highest BCUT2D eigenvalue weighted by molar-refractivity contribution is 7.99. The van der Waals surface area contributed by atoms with Crippen LogP contribution in [-0.4, -0.2) is 24.9 Å². The molecule has 4 aromatic rings. The number of fused-ring (bicyclic) bond motifs is 5. The number of thiophene rings is 1. The fourth-order valence-corrected chi connectivity index (χ4v) is 6.25. The van der Waals surface area contributed by atoms with Gasteiger partial charge in [-0.05, 0) is 48.6 Å². The number of benzene rings is 1. The van der Waals surface area contributed by atoms with Gasteiger partial charge >= 0.3 is 0 Å². The van der Waals surface area contributed by atoms with Gasteiger partial charge in [-0.1, -0.05) is 43.8 Å². The van der Waals surface area contributed by atoms with Gasteiger partial charge in [0.15, 0.2) is 5.16 Å². The van der Waals surface area contributed by atoms with Crippen LogP contribution >= 0.6 is 23.1 Å². The number of thioether (sulfide) groups is 1. The maximum atomic E-state index is 13.7. The van der Waals surface area contributed by atoms with Gasteiger partial charge in [-0.25, -0.2) is 8.97 Å². The highest BCUT2D eigenvalue weighted by atomic mass is 32.2. The third kappa shape index (κ3) is 2.48. The summed E-state index contributed by atoms with van der Waals surface area (Å²) in [5.74, 6) is 1.92. The lowest BCUT2D eigenvalue weighted by atomic mass is 9.88. The van der Waals surface area contributed by atoms with Crippen LogP contribution in [0.4, 0.5) is 0 Å². The highest BCUT2D eigenvalue weighted by Crippen LogP contribution is 2.41. The molecule has 138 valence electrons. The second-order valence-corrected chi connectivity index (χ2v) is 9.25. The van der Waals surface area contributed by atoms with Crippen LogP contribution in [0.25, 0.3) is 21.7 Å². The zero-order chi connectivity index (χ0) is 18.5. The molecule has 1 unspecified atom stereocenters. The normalized spacial score (nSPS) is 16.9. The second-order valence-electron chi connectivity index (χ2n) is 6.94. The van der Waals surface area contributed by atoms with Gasteiger partial charge in [-0.15, -0.1) is 21.5 Å². The molecule has 1 aliphatic carbocycles. The third-order valence-corrected chi connectivity index (χ3v) is 7.32. The molecule has 0 N–H and O–H groups in total. The minimum atomic E-state index is 0.0235. The minimum Gasteiger partial charge on any atom is -0.268 e. The predicted molar refractivity (Wildman–Crippen MR) is 112 cm³/mol. The summed E-state index contributed by atoms with van der Waals surface area (Å²) in [5, 5.41) is 10.5. The monoisotopic (exact) mass is 396 g/mol. The van der Waals surface area contributed by atoms with Crippen LogP contribution in [0.5, 0.6) is 0 Å². The molecule has 0 saturated heterocycles. The molecule has 3 aromatic heterocycles. The second kappa shape index (κ2) is 6.49. The maximum Gasteiger partial charge on any atom is 0.268 e. The highest BCUT2D eigenvalue weighted by Gasteiger charge is 2.28. The first kappa shape index (κ1) is 17.0. The van der Waals surface area contributed by atoms with Crippen molar-refractivity contribution in [1.29, 1.82) is 0 Å². The van der Waals surface area contributed by atoms with Crippen LogP contribution in [0.15, 0.2) is 40.3 Å². The first-order chi connectivity index (χ1) is 13.2. The number of para-hydroxylation sites is 1. The Hall–Kier alpha value is -2.12. The molecule has 5 rings (SSSR count). The summed E-state index contributed by atoms with van der Waals surface area (Å²) in [6.07, 6.45) is 3.39. The van der Waals surface area contributed by atoms with E-state index in [2.05, 4.69) is 28.4 Å². The van der Waals surface area contributed by atoms with E-state index in [0.29, 0.717) is 11.7 Å². The Labute approximate surface area is 165 Å². The van der Waals surface area contributed by atoms with Crippen molar-refractivity contribution in [1.82, 2.24) is 19.2 Å². The maximum absolute atomic E-state index is 13.7. The van der Waals surface area contributed by atoms with Crippen molar-refractivity contribution in [3.8, 4) is 5.69 Å². The van der Waals surface area contributed by atoms with Crippen LogP contribution < -0.4 is 5.56 Å². The Morgan fingerprint density at radius 1 is 1.26 bits per heavy atom.